The summed E-state index contributed by atoms with van der Waals surface area (Å²) in [5, 5.41) is 11.6. The second-order valence-corrected chi connectivity index (χ2v) is 3.31. The van der Waals surface area contributed by atoms with Crippen LogP contribution in [0.5, 0.6) is 0 Å². The molecule has 0 spiro atoms. The summed E-state index contributed by atoms with van der Waals surface area (Å²) in [6.07, 6.45) is 3.40. The SMILES string of the molecule is N#Cc1cc(NCc2cccnc2)nc(=O)[nH]1. The number of H-pyrrole nitrogens is 1. The summed E-state index contributed by atoms with van der Waals surface area (Å²) in [7, 11) is 0. The van der Waals surface area contributed by atoms with Crippen LogP contribution >= 0.6 is 0 Å². The van der Waals surface area contributed by atoms with Crippen LogP contribution in [0, 0.1) is 11.3 Å². The molecule has 2 rings (SSSR count). The van der Waals surface area contributed by atoms with E-state index in [0.717, 1.165) is 5.56 Å². The normalized spacial score (nSPS) is 9.59. The lowest BCUT2D eigenvalue weighted by atomic mass is 10.3. The first-order valence-corrected chi connectivity index (χ1v) is 4.92. The molecule has 0 saturated carbocycles. The Morgan fingerprint density at radius 2 is 2.41 bits per heavy atom. The monoisotopic (exact) mass is 227 g/mol. The first kappa shape index (κ1) is 10.8. The lowest BCUT2D eigenvalue weighted by Gasteiger charge is -2.04. The number of hydrogen-bond acceptors (Lipinski definition) is 5. The minimum Gasteiger partial charge on any atom is -0.366 e. The number of nitrogens with one attached hydrogen (secondary N) is 2. The van der Waals surface area contributed by atoms with Crippen molar-refractivity contribution in [3.8, 4) is 6.07 Å². The smallest absolute Gasteiger partial charge is 0.347 e. The molecule has 0 aliphatic heterocycles. The zero-order valence-electron chi connectivity index (χ0n) is 8.84. The first-order valence-electron chi connectivity index (χ1n) is 4.92. The fourth-order valence-corrected chi connectivity index (χ4v) is 1.30. The van der Waals surface area contributed by atoms with Crippen molar-refractivity contribution >= 4 is 5.82 Å². The fourth-order valence-electron chi connectivity index (χ4n) is 1.30. The third-order valence-electron chi connectivity index (χ3n) is 2.06. The van der Waals surface area contributed by atoms with Crippen LogP contribution in [0.25, 0.3) is 0 Å². The summed E-state index contributed by atoms with van der Waals surface area (Å²) < 4.78 is 0. The molecule has 0 amide bonds. The van der Waals surface area contributed by atoms with Gasteiger partial charge >= 0.3 is 5.69 Å². The van der Waals surface area contributed by atoms with Crippen LogP contribution in [-0.2, 0) is 6.54 Å². The third-order valence-corrected chi connectivity index (χ3v) is 2.06. The Balaban J connectivity index is 2.12. The Bertz CT molecular complexity index is 599. The Morgan fingerprint density at radius 3 is 3.12 bits per heavy atom. The molecule has 0 aliphatic carbocycles. The summed E-state index contributed by atoms with van der Waals surface area (Å²) in [5.41, 5.74) is 0.601. The number of aromatic amines is 1. The number of aromatic nitrogens is 3. The van der Waals surface area contributed by atoms with E-state index in [2.05, 4.69) is 20.3 Å². The van der Waals surface area contributed by atoms with Gasteiger partial charge in [-0.15, -0.1) is 0 Å². The van der Waals surface area contributed by atoms with Crippen LogP contribution < -0.4 is 11.0 Å². The quantitative estimate of drug-likeness (QED) is 0.802. The second-order valence-electron chi connectivity index (χ2n) is 3.31. The highest BCUT2D eigenvalue weighted by atomic mass is 16.1. The maximum atomic E-state index is 11.1. The zero-order chi connectivity index (χ0) is 12.1. The molecule has 2 aromatic rings. The number of pyridine rings is 1. The fraction of sp³-hybridized carbons (Fsp3) is 0.0909. The van der Waals surface area contributed by atoms with Crippen LogP contribution in [0.2, 0.25) is 0 Å². The molecule has 84 valence electrons. The highest BCUT2D eigenvalue weighted by Crippen LogP contribution is 2.04. The number of nitriles is 1. The molecule has 2 aromatic heterocycles. The molecule has 0 unspecified atom stereocenters. The van der Waals surface area contributed by atoms with E-state index in [1.807, 2.05) is 18.2 Å². The highest BCUT2D eigenvalue weighted by Gasteiger charge is 1.99. The molecule has 0 aliphatic rings. The van der Waals surface area contributed by atoms with Gasteiger partial charge in [-0.1, -0.05) is 6.07 Å². The summed E-state index contributed by atoms with van der Waals surface area (Å²) in [5.74, 6) is 0.370. The van der Waals surface area contributed by atoms with Crippen molar-refractivity contribution in [3.05, 3.63) is 52.3 Å². The minimum absolute atomic E-state index is 0.179. The van der Waals surface area contributed by atoms with Gasteiger partial charge in [-0.25, -0.2) is 4.79 Å². The molecular weight excluding hydrogens is 218 g/mol. The predicted molar refractivity (Wildman–Crippen MR) is 61.1 cm³/mol. The van der Waals surface area contributed by atoms with Crippen molar-refractivity contribution in [2.45, 2.75) is 6.54 Å². The molecule has 2 N–H and O–H groups in total. The van der Waals surface area contributed by atoms with Crippen LogP contribution in [0.15, 0.2) is 35.4 Å². The van der Waals surface area contributed by atoms with E-state index in [0.29, 0.717) is 12.4 Å². The molecule has 6 heteroatoms. The van der Waals surface area contributed by atoms with Gasteiger partial charge in [0.2, 0.25) is 0 Å². The summed E-state index contributed by atoms with van der Waals surface area (Å²) in [6, 6.07) is 7.07. The molecule has 0 atom stereocenters. The van der Waals surface area contributed by atoms with E-state index in [9.17, 15) is 4.79 Å². The molecule has 2 heterocycles. The van der Waals surface area contributed by atoms with Crippen molar-refractivity contribution in [2.24, 2.45) is 0 Å². The predicted octanol–water partition coefficient (Wildman–Crippen LogP) is 0.649. The summed E-state index contributed by atoms with van der Waals surface area (Å²) in [4.78, 5) is 21.1. The second kappa shape index (κ2) is 4.90. The average Bonchev–Trinajstić information content (AvgIpc) is 2.37. The average molecular weight is 227 g/mol. The maximum Gasteiger partial charge on any atom is 0.347 e. The molecule has 0 saturated heterocycles. The lowest BCUT2D eigenvalue weighted by Crippen LogP contribution is -2.14. The van der Waals surface area contributed by atoms with Gasteiger partial charge in [0.1, 0.15) is 17.6 Å². The molecular formula is C11H9N5O. The van der Waals surface area contributed by atoms with E-state index >= 15 is 0 Å². The summed E-state index contributed by atoms with van der Waals surface area (Å²) >= 11 is 0. The van der Waals surface area contributed by atoms with Crippen LogP contribution in [0.3, 0.4) is 0 Å². The third kappa shape index (κ3) is 2.89. The maximum absolute atomic E-state index is 11.1. The molecule has 17 heavy (non-hydrogen) atoms. The minimum atomic E-state index is -0.544. The zero-order valence-corrected chi connectivity index (χ0v) is 8.84. The molecule has 0 radical (unpaired) electrons. The Kier molecular flexibility index (Phi) is 3.12. The van der Waals surface area contributed by atoms with Gasteiger partial charge in [0.05, 0.1) is 0 Å². The Hall–Kier alpha value is -2.68. The highest BCUT2D eigenvalue weighted by molar-refractivity contribution is 5.39. The lowest BCUT2D eigenvalue weighted by molar-refractivity contribution is 1.02. The van der Waals surface area contributed by atoms with E-state index in [1.165, 1.54) is 6.07 Å². The molecule has 6 nitrogen and oxygen atoms in total. The van der Waals surface area contributed by atoms with Crippen molar-refractivity contribution in [3.63, 3.8) is 0 Å². The van der Waals surface area contributed by atoms with Gasteiger partial charge < -0.3 is 5.32 Å². The van der Waals surface area contributed by atoms with Gasteiger partial charge in [-0.2, -0.15) is 10.2 Å². The van der Waals surface area contributed by atoms with Gasteiger partial charge in [0, 0.05) is 25.0 Å². The van der Waals surface area contributed by atoms with Crippen molar-refractivity contribution in [1.29, 1.82) is 5.26 Å². The molecule has 0 bridgehead atoms. The van der Waals surface area contributed by atoms with Gasteiger partial charge in [0.15, 0.2) is 0 Å². The van der Waals surface area contributed by atoms with Gasteiger partial charge in [-0.3, -0.25) is 9.97 Å². The topological polar surface area (TPSA) is 94.5 Å². The molecule has 0 aromatic carbocycles. The molecule has 0 fully saturated rings. The van der Waals surface area contributed by atoms with Crippen molar-refractivity contribution in [1.82, 2.24) is 15.0 Å². The number of rotatable bonds is 3. The van der Waals surface area contributed by atoms with E-state index in [1.54, 1.807) is 12.4 Å². The van der Waals surface area contributed by atoms with Gasteiger partial charge in [0.25, 0.3) is 0 Å². The summed E-state index contributed by atoms with van der Waals surface area (Å²) in [6.45, 7) is 0.495. The first-order chi connectivity index (χ1) is 8.28. The van der Waals surface area contributed by atoms with E-state index in [4.69, 9.17) is 5.26 Å². The Morgan fingerprint density at radius 1 is 1.53 bits per heavy atom. The Labute approximate surface area is 97.0 Å². The van der Waals surface area contributed by atoms with Crippen LogP contribution in [-0.4, -0.2) is 15.0 Å². The van der Waals surface area contributed by atoms with Gasteiger partial charge in [-0.05, 0) is 11.6 Å². The van der Waals surface area contributed by atoms with Crippen LogP contribution in [0.4, 0.5) is 5.82 Å². The number of nitrogens with zero attached hydrogens (tertiary/aromatic N) is 3. The number of anilines is 1. The van der Waals surface area contributed by atoms with Crippen molar-refractivity contribution in [2.75, 3.05) is 5.32 Å². The van der Waals surface area contributed by atoms with E-state index < -0.39 is 5.69 Å². The standard InChI is InChI=1S/C11H9N5O/c12-5-9-4-10(16-11(17)15-9)14-7-8-2-1-3-13-6-8/h1-4,6H,7H2,(H2,14,15,16,17). The van der Waals surface area contributed by atoms with Crippen molar-refractivity contribution < 1.29 is 0 Å². The van der Waals surface area contributed by atoms with Crippen LogP contribution in [0.1, 0.15) is 11.3 Å². The van der Waals surface area contributed by atoms with E-state index in [-0.39, 0.29) is 5.69 Å². The number of hydrogen-bond donors (Lipinski definition) is 2. The largest absolute Gasteiger partial charge is 0.366 e.